The van der Waals surface area contributed by atoms with Crippen molar-refractivity contribution >= 4 is 28.1 Å². The summed E-state index contributed by atoms with van der Waals surface area (Å²) < 4.78 is 1.84. The molecule has 5 aromatic rings. The van der Waals surface area contributed by atoms with Crippen LogP contribution in [0.4, 0.5) is 11.8 Å². The summed E-state index contributed by atoms with van der Waals surface area (Å²) >= 11 is 1.55. The fraction of sp³-hybridized carbons (Fsp3) is 0. The van der Waals surface area contributed by atoms with Crippen LogP contribution in [-0.2, 0) is 0 Å². The van der Waals surface area contributed by atoms with Gasteiger partial charge in [0.05, 0.1) is 11.4 Å². The average molecular weight is 370 g/mol. The molecule has 0 aliphatic carbocycles. The topological polar surface area (TPSA) is 68.0 Å². The molecule has 0 unspecified atom stereocenters. The number of anilines is 2. The standard InChI is InChI=1S/C20H14N6S/c1-3-7-14(8-4-1)16-11-12-18(24-23-16)21-19-22-20-26(25-19)17(13-27-20)15-9-5-2-6-10-15/h1-13H,(H,21,24,25). The molecule has 0 amide bonds. The summed E-state index contributed by atoms with van der Waals surface area (Å²) in [4.78, 5) is 5.35. The average Bonchev–Trinajstić information content (AvgIpc) is 3.30. The van der Waals surface area contributed by atoms with Gasteiger partial charge < -0.3 is 5.32 Å². The van der Waals surface area contributed by atoms with E-state index in [0.717, 1.165) is 27.5 Å². The predicted molar refractivity (Wildman–Crippen MR) is 107 cm³/mol. The van der Waals surface area contributed by atoms with Crippen LogP contribution in [0.2, 0.25) is 0 Å². The van der Waals surface area contributed by atoms with Crippen LogP contribution in [0.3, 0.4) is 0 Å². The van der Waals surface area contributed by atoms with Crippen LogP contribution in [0.15, 0.2) is 78.2 Å². The highest BCUT2D eigenvalue weighted by Gasteiger charge is 2.12. The maximum absolute atomic E-state index is 4.56. The molecule has 6 nitrogen and oxygen atoms in total. The lowest BCUT2D eigenvalue weighted by atomic mass is 10.1. The highest BCUT2D eigenvalue weighted by molar-refractivity contribution is 7.15. The third-order valence-corrected chi connectivity index (χ3v) is 4.94. The molecule has 0 atom stereocenters. The second-order valence-electron chi connectivity index (χ2n) is 5.91. The number of nitrogens with zero attached hydrogens (tertiary/aromatic N) is 5. The molecule has 0 aliphatic rings. The van der Waals surface area contributed by atoms with Gasteiger partial charge >= 0.3 is 0 Å². The highest BCUT2D eigenvalue weighted by Crippen LogP contribution is 2.26. The molecule has 3 heterocycles. The van der Waals surface area contributed by atoms with Gasteiger partial charge in [-0.15, -0.1) is 26.6 Å². The quantitative estimate of drug-likeness (QED) is 0.498. The van der Waals surface area contributed by atoms with E-state index in [2.05, 4.69) is 43.1 Å². The minimum absolute atomic E-state index is 0.501. The molecule has 2 aromatic carbocycles. The smallest absolute Gasteiger partial charge is 0.249 e. The molecule has 130 valence electrons. The van der Waals surface area contributed by atoms with Crippen LogP contribution in [0, 0.1) is 0 Å². The van der Waals surface area contributed by atoms with E-state index in [-0.39, 0.29) is 0 Å². The van der Waals surface area contributed by atoms with Crippen LogP contribution < -0.4 is 5.32 Å². The molecule has 3 aromatic heterocycles. The van der Waals surface area contributed by atoms with E-state index in [9.17, 15) is 0 Å². The van der Waals surface area contributed by atoms with Crippen LogP contribution in [0.5, 0.6) is 0 Å². The Balaban J connectivity index is 1.41. The Bertz CT molecular complexity index is 1180. The number of fused-ring (bicyclic) bond motifs is 1. The molecule has 0 bridgehead atoms. The van der Waals surface area contributed by atoms with E-state index < -0.39 is 0 Å². The van der Waals surface area contributed by atoms with Crippen LogP contribution in [0.25, 0.3) is 27.5 Å². The Morgan fingerprint density at radius 2 is 1.52 bits per heavy atom. The maximum Gasteiger partial charge on any atom is 0.249 e. The number of aromatic nitrogens is 5. The van der Waals surface area contributed by atoms with E-state index in [1.54, 1.807) is 11.3 Å². The summed E-state index contributed by atoms with van der Waals surface area (Å²) in [5.74, 6) is 1.11. The second kappa shape index (κ2) is 6.62. The normalized spacial score (nSPS) is 11.0. The monoisotopic (exact) mass is 370 g/mol. The molecule has 5 rings (SSSR count). The first kappa shape index (κ1) is 15.7. The summed E-state index contributed by atoms with van der Waals surface area (Å²) in [6.07, 6.45) is 0. The summed E-state index contributed by atoms with van der Waals surface area (Å²) in [7, 11) is 0. The predicted octanol–water partition coefficient (Wildman–Crippen LogP) is 4.66. The van der Waals surface area contributed by atoms with E-state index in [1.165, 1.54) is 0 Å². The van der Waals surface area contributed by atoms with Crippen LogP contribution in [0.1, 0.15) is 0 Å². The lowest BCUT2D eigenvalue weighted by molar-refractivity contribution is 0.980. The van der Waals surface area contributed by atoms with Crippen molar-refractivity contribution in [2.45, 2.75) is 0 Å². The van der Waals surface area contributed by atoms with Gasteiger partial charge in [0.1, 0.15) is 0 Å². The first-order valence-electron chi connectivity index (χ1n) is 8.43. The molecule has 0 saturated carbocycles. The van der Waals surface area contributed by atoms with Gasteiger partial charge in [-0.3, -0.25) is 0 Å². The van der Waals surface area contributed by atoms with Crippen molar-refractivity contribution in [3.8, 4) is 22.5 Å². The number of hydrogen-bond donors (Lipinski definition) is 1. The van der Waals surface area contributed by atoms with Crippen molar-refractivity contribution < 1.29 is 0 Å². The molecule has 0 spiro atoms. The molecule has 27 heavy (non-hydrogen) atoms. The molecular weight excluding hydrogens is 356 g/mol. The highest BCUT2D eigenvalue weighted by atomic mass is 32.1. The first-order chi connectivity index (χ1) is 13.4. The van der Waals surface area contributed by atoms with Crippen molar-refractivity contribution in [3.05, 3.63) is 78.2 Å². The van der Waals surface area contributed by atoms with Crippen LogP contribution in [-0.4, -0.2) is 24.8 Å². The van der Waals surface area contributed by atoms with Crippen LogP contribution >= 0.6 is 11.3 Å². The van der Waals surface area contributed by atoms with Gasteiger partial charge in [-0.25, -0.2) is 4.52 Å². The van der Waals surface area contributed by atoms with E-state index in [4.69, 9.17) is 0 Å². The third-order valence-electron chi connectivity index (χ3n) is 4.13. The van der Waals surface area contributed by atoms with Gasteiger partial charge in [-0.05, 0) is 12.1 Å². The Labute approximate surface area is 159 Å². The third kappa shape index (κ3) is 3.04. The zero-order valence-electron chi connectivity index (χ0n) is 14.1. The van der Waals surface area contributed by atoms with E-state index in [0.29, 0.717) is 11.8 Å². The molecule has 0 saturated heterocycles. The summed E-state index contributed by atoms with van der Waals surface area (Å²) in [5, 5.41) is 18.3. The number of nitrogens with one attached hydrogen (secondary N) is 1. The van der Waals surface area contributed by atoms with Crippen molar-refractivity contribution in [1.29, 1.82) is 0 Å². The molecule has 0 radical (unpaired) electrons. The van der Waals surface area contributed by atoms with Gasteiger partial charge in [0.25, 0.3) is 0 Å². The van der Waals surface area contributed by atoms with Crippen molar-refractivity contribution in [2.24, 2.45) is 0 Å². The summed E-state index contributed by atoms with van der Waals surface area (Å²) in [6, 6.07) is 23.9. The lowest BCUT2D eigenvalue weighted by Crippen LogP contribution is -1.98. The van der Waals surface area contributed by atoms with Gasteiger partial charge in [0.15, 0.2) is 5.82 Å². The van der Waals surface area contributed by atoms with Gasteiger partial charge in [-0.1, -0.05) is 60.7 Å². The lowest BCUT2D eigenvalue weighted by Gasteiger charge is -2.02. The Kier molecular flexibility index (Phi) is 3.84. The zero-order chi connectivity index (χ0) is 18.1. The largest absolute Gasteiger partial charge is 0.306 e. The minimum atomic E-state index is 0.501. The van der Waals surface area contributed by atoms with Crippen molar-refractivity contribution in [1.82, 2.24) is 24.8 Å². The van der Waals surface area contributed by atoms with Gasteiger partial charge in [0.2, 0.25) is 10.9 Å². The van der Waals surface area contributed by atoms with Gasteiger partial charge in [0, 0.05) is 16.5 Å². The fourth-order valence-corrected chi connectivity index (χ4v) is 3.65. The van der Waals surface area contributed by atoms with Crippen molar-refractivity contribution in [2.75, 3.05) is 5.32 Å². The molecule has 0 aliphatic heterocycles. The Hall–Kier alpha value is -3.58. The Morgan fingerprint density at radius 3 is 2.22 bits per heavy atom. The maximum atomic E-state index is 4.56. The SMILES string of the molecule is c1ccc(-c2ccc(Nc3nc4scc(-c5ccccc5)n4n3)nn2)cc1. The number of hydrogen-bond acceptors (Lipinski definition) is 6. The van der Waals surface area contributed by atoms with Gasteiger partial charge in [-0.2, -0.15) is 4.98 Å². The summed E-state index contributed by atoms with van der Waals surface area (Å²) in [6.45, 7) is 0. The minimum Gasteiger partial charge on any atom is -0.306 e. The second-order valence-corrected chi connectivity index (χ2v) is 6.75. The number of benzene rings is 2. The van der Waals surface area contributed by atoms with E-state index >= 15 is 0 Å². The molecule has 1 N–H and O–H groups in total. The zero-order valence-corrected chi connectivity index (χ0v) is 15.0. The fourth-order valence-electron chi connectivity index (χ4n) is 2.82. The van der Waals surface area contributed by atoms with Crippen molar-refractivity contribution in [3.63, 3.8) is 0 Å². The summed E-state index contributed by atoms with van der Waals surface area (Å²) in [5.41, 5.74) is 3.98. The van der Waals surface area contributed by atoms with E-state index in [1.807, 2.05) is 65.2 Å². The Morgan fingerprint density at radius 1 is 0.778 bits per heavy atom. The molecule has 0 fully saturated rings. The first-order valence-corrected chi connectivity index (χ1v) is 9.31. The number of thiazole rings is 1. The number of rotatable bonds is 4. The molecular formula is C20H14N6S. The molecule has 7 heteroatoms.